The van der Waals surface area contributed by atoms with E-state index in [1.165, 1.54) is 28.0 Å². The van der Waals surface area contributed by atoms with Gasteiger partial charge in [0.1, 0.15) is 30.0 Å². The van der Waals surface area contributed by atoms with Crippen LogP contribution in [0.15, 0.2) is 37.1 Å². The molecule has 4 aromatic rings. The van der Waals surface area contributed by atoms with E-state index in [1.807, 2.05) is 0 Å². The summed E-state index contributed by atoms with van der Waals surface area (Å²) in [6.45, 7) is 0.276. The first kappa shape index (κ1) is 18.6. The van der Waals surface area contributed by atoms with Crippen molar-refractivity contribution in [2.45, 2.75) is 38.8 Å². The lowest BCUT2D eigenvalue weighted by atomic mass is 9.97. The lowest BCUT2D eigenvalue weighted by molar-refractivity contribution is -0.116. The summed E-state index contributed by atoms with van der Waals surface area (Å²) in [5.41, 5.74) is 2.59. The fourth-order valence-corrected chi connectivity index (χ4v) is 4.80. The average molecular weight is 421 g/mol. The highest BCUT2D eigenvalue weighted by molar-refractivity contribution is 7.18. The molecule has 0 spiro atoms. The van der Waals surface area contributed by atoms with Crippen LogP contribution < -0.4 is 10.1 Å². The van der Waals surface area contributed by atoms with E-state index < -0.39 is 0 Å². The Morgan fingerprint density at radius 1 is 1.27 bits per heavy atom. The number of nitrogens with one attached hydrogen (secondary N) is 1. The number of pyridine rings is 1. The molecule has 1 aliphatic carbocycles. The highest BCUT2D eigenvalue weighted by atomic mass is 32.1. The minimum absolute atomic E-state index is 0.0533. The number of aromatic nitrogens is 6. The molecule has 4 aromatic heterocycles. The minimum atomic E-state index is -0.206. The van der Waals surface area contributed by atoms with Crippen molar-refractivity contribution in [1.29, 1.82) is 0 Å². The molecule has 0 atom stereocenters. The average Bonchev–Trinajstić information content (AvgIpc) is 3.37. The molecule has 1 amide bonds. The first-order chi connectivity index (χ1) is 14.8. The first-order valence-corrected chi connectivity index (χ1v) is 10.5. The van der Waals surface area contributed by atoms with Crippen LogP contribution >= 0.6 is 11.3 Å². The second-order valence-electron chi connectivity index (χ2n) is 7.06. The van der Waals surface area contributed by atoms with E-state index >= 15 is 0 Å². The Morgan fingerprint density at radius 3 is 3.10 bits per heavy atom. The van der Waals surface area contributed by atoms with Gasteiger partial charge in [-0.3, -0.25) is 9.78 Å². The van der Waals surface area contributed by atoms with Gasteiger partial charge in [-0.05, 0) is 43.4 Å². The van der Waals surface area contributed by atoms with Gasteiger partial charge in [0, 0.05) is 11.1 Å². The number of hydrogen-bond donors (Lipinski definition) is 1. The molecular formula is C20H19N7O2S. The molecule has 1 aliphatic rings. The van der Waals surface area contributed by atoms with Crippen LogP contribution in [0.3, 0.4) is 0 Å². The van der Waals surface area contributed by atoms with E-state index in [4.69, 9.17) is 4.74 Å². The molecular weight excluding hydrogens is 402 g/mol. The third kappa shape index (κ3) is 3.86. The molecule has 5 rings (SSSR count). The monoisotopic (exact) mass is 421 g/mol. The first-order valence-electron chi connectivity index (χ1n) is 9.73. The molecule has 0 unspecified atom stereocenters. The van der Waals surface area contributed by atoms with Gasteiger partial charge < -0.3 is 10.1 Å². The number of aryl methyl sites for hydroxylation is 2. The predicted octanol–water partition coefficient (Wildman–Crippen LogP) is 2.77. The van der Waals surface area contributed by atoms with Crippen molar-refractivity contribution in [3.05, 3.63) is 53.2 Å². The summed E-state index contributed by atoms with van der Waals surface area (Å²) in [4.78, 5) is 27.3. The summed E-state index contributed by atoms with van der Waals surface area (Å²) in [5.74, 6) is 0.381. The number of fused-ring (bicyclic) bond motifs is 3. The zero-order valence-electron chi connectivity index (χ0n) is 16.1. The van der Waals surface area contributed by atoms with E-state index in [9.17, 15) is 4.79 Å². The van der Waals surface area contributed by atoms with Gasteiger partial charge >= 0.3 is 0 Å². The van der Waals surface area contributed by atoms with Crippen molar-refractivity contribution in [3.8, 4) is 5.88 Å². The maximum Gasteiger partial charge on any atom is 0.246 e. The number of carbonyl (C=O) groups excluding carboxylic acids is 1. The number of amides is 1. The highest BCUT2D eigenvalue weighted by Crippen LogP contribution is 2.39. The molecule has 152 valence electrons. The Kier molecular flexibility index (Phi) is 5.06. The van der Waals surface area contributed by atoms with Crippen LogP contribution in [0.4, 0.5) is 5.69 Å². The fraction of sp³-hybridized carbons (Fsp3) is 0.300. The van der Waals surface area contributed by atoms with Crippen molar-refractivity contribution < 1.29 is 9.53 Å². The zero-order valence-corrected chi connectivity index (χ0v) is 16.9. The molecule has 0 bridgehead atoms. The Hall–Kier alpha value is -3.40. The number of hydrogen-bond acceptors (Lipinski definition) is 8. The van der Waals surface area contributed by atoms with E-state index in [2.05, 4.69) is 30.6 Å². The molecule has 9 nitrogen and oxygen atoms in total. The number of rotatable bonds is 6. The normalized spacial score (nSPS) is 13.2. The van der Waals surface area contributed by atoms with Gasteiger partial charge in [0.2, 0.25) is 11.8 Å². The predicted molar refractivity (Wildman–Crippen MR) is 111 cm³/mol. The van der Waals surface area contributed by atoms with Crippen LogP contribution in [-0.2, 0) is 30.8 Å². The molecule has 1 N–H and O–H groups in total. The highest BCUT2D eigenvalue weighted by Gasteiger charge is 2.20. The summed E-state index contributed by atoms with van der Waals surface area (Å²) in [6, 6.07) is 3.53. The molecule has 10 heteroatoms. The lowest BCUT2D eigenvalue weighted by Crippen LogP contribution is -2.19. The Morgan fingerprint density at radius 2 is 2.20 bits per heavy atom. The van der Waals surface area contributed by atoms with Crippen LogP contribution in [-0.4, -0.2) is 35.9 Å². The topological polar surface area (TPSA) is 108 Å². The number of anilines is 1. The summed E-state index contributed by atoms with van der Waals surface area (Å²) < 4.78 is 7.45. The van der Waals surface area contributed by atoms with E-state index in [-0.39, 0.29) is 19.1 Å². The lowest BCUT2D eigenvalue weighted by Gasteiger charge is -2.11. The van der Waals surface area contributed by atoms with Crippen LogP contribution in [0.1, 0.15) is 29.0 Å². The standard InChI is InChI=1S/C20H19N7O2S/c28-17(24-13-4-3-7-21-8-13)10-27-9-14(25-26-27)11-29-19-18-15-5-1-2-6-16(15)30-20(18)23-12-22-19/h3-4,7-9,12H,1-2,5-6,10-11H2,(H,24,28). The van der Waals surface area contributed by atoms with Gasteiger partial charge in [-0.2, -0.15) is 0 Å². The SMILES string of the molecule is O=C(Cn1cc(COc2ncnc3sc4c(c23)CCCC4)nn1)Nc1cccnc1. The van der Waals surface area contributed by atoms with Gasteiger partial charge in [0.25, 0.3) is 0 Å². The Bertz CT molecular complexity index is 1190. The molecule has 0 fully saturated rings. The maximum absolute atomic E-state index is 12.1. The summed E-state index contributed by atoms with van der Waals surface area (Å²) in [7, 11) is 0. The molecule has 0 aliphatic heterocycles. The van der Waals surface area contributed by atoms with Crippen LogP contribution in [0.5, 0.6) is 5.88 Å². The molecule has 0 radical (unpaired) electrons. The van der Waals surface area contributed by atoms with Gasteiger partial charge in [-0.1, -0.05) is 5.21 Å². The van der Waals surface area contributed by atoms with Gasteiger partial charge in [-0.15, -0.1) is 16.4 Å². The zero-order chi connectivity index (χ0) is 20.3. The van der Waals surface area contributed by atoms with Crippen molar-refractivity contribution in [3.63, 3.8) is 0 Å². The molecule has 30 heavy (non-hydrogen) atoms. The maximum atomic E-state index is 12.1. The summed E-state index contributed by atoms with van der Waals surface area (Å²) in [6.07, 6.45) is 11.0. The van der Waals surface area contributed by atoms with Crippen LogP contribution in [0, 0.1) is 0 Å². The fourth-order valence-electron chi connectivity index (χ4n) is 3.58. The van der Waals surface area contributed by atoms with Gasteiger partial charge in [0.15, 0.2) is 0 Å². The third-order valence-corrected chi connectivity index (χ3v) is 6.11. The quantitative estimate of drug-likeness (QED) is 0.510. The van der Waals surface area contributed by atoms with Gasteiger partial charge in [0.05, 0.1) is 23.5 Å². The number of nitrogens with zero attached hydrogens (tertiary/aromatic N) is 6. The number of ether oxygens (including phenoxy) is 1. The molecule has 0 saturated carbocycles. The van der Waals surface area contributed by atoms with Gasteiger partial charge in [-0.25, -0.2) is 14.6 Å². The second kappa shape index (κ2) is 8.15. The van der Waals surface area contributed by atoms with Crippen molar-refractivity contribution in [2.75, 3.05) is 5.32 Å². The third-order valence-electron chi connectivity index (χ3n) is 4.91. The summed E-state index contributed by atoms with van der Waals surface area (Å²) >= 11 is 1.74. The Balaban J connectivity index is 1.25. The van der Waals surface area contributed by atoms with Crippen LogP contribution in [0.2, 0.25) is 0 Å². The minimum Gasteiger partial charge on any atom is -0.470 e. The summed E-state index contributed by atoms with van der Waals surface area (Å²) in [5, 5.41) is 11.9. The van der Waals surface area contributed by atoms with Crippen molar-refractivity contribution in [1.82, 2.24) is 29.9 Å². The second-order valence-corrected chi connectivity index (χ2v) is 8.14. The van der Waals surface area contributed by atoms with E-state index in [0.717, 1.165) is 23.1 Å². The van der Waals surface area contributed by atoms with Crippen molar-refractivity contribution >= 4 is 33.1 Å². The number of thiophene rings is 1. The molecule has 0 aromatic carbocycles. The Labute approximate surface area is 176 Å². The smallest absolute Gasteiger partial charge is 0.246 e. The van der Waals surface area contributed by atoms with E-state index in [0.29, 0.717) is 17.3 Å². The van der Waals surface area contributed by atoms with E-state index in [1.54, 1.807) is 48.4 Å². The molecule has 0 saturated heterocycles. The van der Waals surface area contributed by atoms with Crippen LogP contribution in [0.25, 0.3) is 10.2 Å². The number of carbonyl (C=O) groups is 1. The van der Waals surface area contributed by atoms with Crippen molar-refractivity contribution in [2.24, 2.45) is 0 Å². The molecule has 4 heterocycles. The largest absolute Gasteiger partial charge is 0.470 e.